The molecule has 1 heterocycles. The van der Waals surface area contributed by atoms with Crippen LogP contribution in [0.2, 0.25) is 5.02 Å². The van der Waals surface area contributed by atoms with E-state index in [0.29, 0.717) is 10.6 Å². The van der Waals surface area contributed by atoms with E-state index in [1.54, 1.807) is 6.07 Å². The summed E-state index contributed by atoms with van der Waals surface area (Å²) in [7, 11) is 0. The average Bonchev–Trinajstić information content (AvgIpc) is 2.56. The lowest BCUT2D eigenvalue weighted by Gasteiger charge is -2.20. The first-order valence-corrected chi connectivity index (χ1v) is 6.68. The SMILES string of the molecule is Nc1ncc(Cl)cc1C(=O)C1CCCCCC1N. The van der Waals surface area contributed by atoms with E-state index >= 15 is 0 Å². The quantitative estimate of drug-likeness (QED) is 0.637. The number of carbonyl (C=O) groups excluding carboxylic acids is 1. The van der Waals surface area contributed by atoms with E-state index in [4.69, 9.17) is 23.1 Å². The molecule has 1 aliphatic rings. The maximum absolute atomic E-state index is 12.5. The van der Waals surface area contributed by atoms with Crippen molar-refractivity contribution in [3.63, 3.8) is 0 Å². The van der Waals surface area contributed by atoms with Crippen LogP contribution in [0.25, 0.3) is 0 Å². The van der Waals surface area contributed by atoms with Crippen LogP contribution >= 0.6 is 11.6 Å². The number of nitrogens with zero attached hydrogens (tertiary/aromatic N) is 1. The number of carbonyl (C=O) groups is 1. The van der Waals surface area contributed by atoms with Gasteiger partial charge in [-0.1, -0.05) is 30.9 Å². The molecule has 0 saturated heterocycles. The summed E-state index contributed by atoms with van der Waals surface area (Å²) in [5.41, 5.74) is 12.2. The van der Waals surface area contributed by atoms with Gasteiger partial charge < -0.3 is 11.5 Å². The largest absolute Gasteiger partial charge is 0.383 e. The van der Waals surface area contributed by atoms with E-state index in [1.165, 1.54) is 6.20 Å². The Morgan fingerprint density at radius 2 is 2.06 bits per heavy atom. The number of hydrogen-bond donors (Lipinski definition) is 2. The smallest absolute Gasteiger partial charge is 0.171 e. The Bertz CT molecular complexity index is 450. The molecule has 2 atom stereocenters. The van der Waals surface area contributed by atoms with Crippen molar-refractivity contribution in [3.05, 3.63) is 22.8 Å². The number of anilines is 1. The summed E-state index contributed by atoms with van der Waals surface area (Å²) < 4.78 is 0. The van der Waals surface area contributed by atoms with Crippen molar-refractivity contribution in [2.24, 2.45) is 11.7 Å². The van der Waals surface area contributed by atoms with Gasteiger partial charge in [-0.25, -0.2) is 4.98 Å². The molecule has 0 radical (unpaired) electrons. The zero-order valence-electron chi connectivity index (χ0n) is 10.2. The third-order valence-electron chi connectivity index (χ3n) is 3.56. The number of hydrogen-bond acceptors (Lipinski definition) is 4. The molecular formula is C13H18ClN3O. The van der Waals surface area contributed by atoms with Crippen molar-refractivity contribution in [2.75, 3.05) is 5.73 Å². The zero-order chi connectivity index (χ0) is 13.1. The van der Waals surface area contributed by atoms with Gasteiger partial charge in [-0.3, -0.25) is 4.79 Å². The van der Waals surface area contributed by atoms with Gasteiger partial charge in [0.15, 0.2) is 5.78 Å². The maximum atomic E-state index is 12.5. The van der Waals surface area contributed by atoms with Gasteiger partial charge in [0.1, 0.15) is 5.82 Å². The molecule has 98 valence electrons. The van der Waals surface area contributed by atoms with Crippen LogP contribution in [0, 0.1) is 5.92 Å². The van der Waals surface area contributed by atoms with Crippen molar-refractivity contribution in [2.45, 2.75) is 38.1 Å². The molecule has 0 bridgehead atoms. The second-order valence-corrected chi connectivity index (χ2v) is 5.30. The average molecular weight is 268 g/mol. The van der Waals surface area contributed by atoms with Gasteiger partial charge in [0, 0.05) is 18.2 Å². The molecule has 2 unspecified atom stereocenters. The van der Waals surface area contributed by atoms with E-state index in [9.17, 15) is 4.79 Å². The Hall–Kier alpha value is -1.13. The van der Waals surface area contributed by atoms with Crippen LogP contribution in [0.15, 0.2) is 12.3 Å². The minimum absolute atomic E-state index is 0.0168. The molecule has 18 heavy (non-hydrogen) atoms. The summed E-state index contributed by atoms with van der Waals surface area (Å²) in [4.78, 5) is 16.4. The van der Waals surface area contributed by atoms with E-state index in [1.807, 2.05) is 0 Å². The lowest BCUT2D eigenvalue weighted by molar-refractivity contribution is 0.0895. The predicted molar refractivity (Wildman–Crippen MR) is 72.5 cm³/mol. The van der Waals surface area contributed by atoms with Crippen LogP contribution in [0.3, 0.4) is 0 Å². The third kappa shape index (κ3) is 2.82. The number of nitrogen functional groups attached to an aromatic ring is 1. The standard InChI is InChI=1S/C13H18ClN3O/c14-8-6-10(13(16)17-7-8)12(18)9-4-2-1-3-5-11(9)15/h6-7,9,11H,1-5,15H2,(H2,16,17). The van der Waals surface area contributed by atoms with Crippen molar-refractivity contribution >= 4 is 23.2 Å². The predicted octanol–water partition coefficient (Wildman–Crippen LogP) is 2.41. The van der Waals surface area contributed by atoms with Gasteiger partial charge in [-0.05, 0) is 18.9 Å². The summed E-state index contributed by atoms with van der Waals surface area (Å²) in [6.07, 6.45) is 6.43. The summed E-state index contributed by atoms with van der Waals surface area (Å²) in [6.45, 7) is 0. The van der Waals surface area contributed by atoms with Gasteiger partial charge in [0.05, 0.1) is 10.6 Å². The topological polar surface area (TPSA) is 82.0 Å². The Morgan fingerprint density at radius 1 is 1.33 bits per heavy atom. The molecule has 0 amide bonds. The monoisotopic (exact) mass is 267 g/mol. The molecule has 4 N–H and O–H groups in total. The van der Waals surface area contributed by atoms with Crippen molar-refractivity contribution in [3.8, 4) is 0 Å². The van der Waals surface area contributed by atoms with Crippen LogP contribution in [0.5, 0.6) is 0 Å². The molecule has 1 saturated carbocycles. The van der Waals surface area contributed by atoms with E-state index in [2.05, 4.69) is 4.98 Å². The third-order valence-corrected chi connectivity index (χ3v) is 3.76. The van der Waals surface area contributed by atoms with Crippen LogP contribution in [0.4, 0.5) is 5.82 Å². The van der Waals surface area contributed by atoms with Crippen molar-refractivity contribution in [1.29, 1.82) is 0 Å². The molecule has 4 nitrogen and oxygen atoms in total. The van der Waals surface area contributed by atoms with E-state index in [0.717, 1.165) is 32.1 Å². The lowest BCUT2D eigenvalue weighted by Crippen LogP contribution is -2.35. The number of pyridine rings is 1. The highest BCUT2D eigenvalue weighted by atomic mass is 35.5. The lowest BCUT2D eigenvalue weighted by atomic mass is 9.88. The van der Waals surface area contributed by atoms with Gasteiger partial charge in [-0.15, -0.1) is 0 Å². The van der Waals surface area contributed by atoms with Gasteiger partial charge in [0.25, 0.3) is 0 Å². The van der Waals surface area contributed by atoms with Crippen LogP contribution in [0.1, 0.15) is 42.5 Å². The second-order valence-electron chi connectivity index (χ2n) is 4.86. The Kier molecular flexibility index (Phi) is 4.19. The number of rotatable bonds is 2. The fourth-order valence-electron chi connectivity index (χ4n) is 2.51. The highest BCUT2D eigenvalue weighted by molar-refractivity contribution is 6.31. The highest BCUT2D eigenvalue weighted by Gasteiger charge is 2.29. The minimum atomic E-state index is -0.157. The van der Waals surface area contributed by atoms with Crippen LogP contribution < -0.4 is 11.5 Å². The molecule has 2 rings (SSSR count). The number of aromatic nitrogens is 1. The first-order valence-electron chi connectivity index (χ1n) is 6.30. The molecule has 1 aliphatic carbocycles. The normalized spacial score (nSPS) is 24.6. The fourth-order valence-corrected chi connectivity index (χ4v) is 2.67. The minimum Gasteiger partial charge on any atom is -0.383 e. The Balaban J connectivity index is 2.26. The molecule has 1 fully saturated rings. The van der Waals surface area contributed by atoms with E-state index < -0.39 is 0 Å². The molecule has 0 spiro atoms. The first-order chi connectivity index (χ1) is 8.59. The first kappa shape index (κ1) is 13.3. The molecule has 1 aromatic heterocycles. The van der Waals surface area contributed by atoms with Crippen LogP contribution in [-0.4, -0.2) is 16.8 Å². The number of ketones is 1. The van der Waals surface area contributed by atoms with Gasteiger partial charge in [0.2, 0.25) is 0 Å². The van der Waals surface area contributed by atoms with E-state index in [-0.39, 0.29) is 23.6 Å². The summed E-state index contributed by atoms with van der Waals surface area (Å²) >= 11 is 5.87. The highest BCUT2D eigenvalue weighted by Crippen LogP contribution is 2.27. The van der Waals surface area contributed by atoms with Gasteiger partial charge >= 0.3 is 0 Å². The number of nitrogens with two attached hydrogens (primary N) is 2. The zero-order valence-corrected chi connectivity index (χ0v) is 11.0. The van der Waals surface area contributed by atoms with Crippen molar-refractivity contribution < 1.29 is 4.79 Å². The molecular weight excluding hydrogens is 250 g/mol. The second kappa shape index (κ2) is 5.67. The molecule has 0 aliphatic heterocycles. The summed E-state index contributed by atoms with van der Waals surface area (Å²) in [5, 5.41) is 0.426. The Labute approximate surface area is 112 Å². The number of halogens is 1. The number of Topliss-reactive ketones (excluding diaryl/α,β-unsaturated/α-hetero) is 1. The van der Waals surface area contributed by atoms with Gasteiger partial charge in [-0.2, -0.15) is 0 Å². The fraction of sp³-hybridized carbons (Fsp3) is 0.538. The van der Waals surface area contributed by atoms with Crippen LogP contribution in [-0.2, 0) is 0 Å². The van der Waals surface area contributed by atoms with Crippen molar-refractivity contribution in [1.82, 2.24) is 4.98 Å². The summed E-state index contributed by atoms with van der Waals surface area (Å²) in [5.74, 6) is 0.0628. The maximum Gasteiger partial charge on any atom is 0.171 e. The molecule has 5 heteroatoms. The molecule has 0 aromatic carbocycles. The molecule has 1 aromatic rings. The Morgan fingerprint density at radius 3 is 2.83 bits per heavy atom. The summed E-state index contributed by atoms with van der Waals surface area (Å²) in [6, 6.07) is 1.50.